The Bertz CT molecular complexity index is 1360. The van der Waals surface area contributed by atoms with E-state index in [9.17, 15) is 28.0 Å². The van der Waals surface area contributed by atoms with Gasteiger partial charge in [-0.15, -0.1) is 0 Å². The Labute approximate surface area is 210 Å². The Morgan fingerprint density at radius 3 is 2.44 bits per heavy atom. The Kier molecular flexibility index (Phi) is 8.35. The third-order valence-corrected chi connectivity index (χ3v) is 5.25. The highest BCUT2D eigenvalue weighted by Gasteiger charge is 2.30. The number of anilines is 2. The minimum atomic E-state index is -4.58. The molecule has 3 rings (SSSR count). The molecule has 3 aromatic rings. The second-order valence-corrected chi connectivity index (χ2v) is 7.95. The predicted octanol–water partition coefficient (Wildman–Crippen LogP) is 6.23. The minimum absolute atomic E-state index is 0.117. The van der Waals surface area contributed by atoms with Gasteiger partial charge in [-0.25, -0.2) is 0 Å². The number of benzene rings is 3. The molecule has 0 aromatic heterocycles. The molecule has 2 amide bonds. The Morgan fingerprint density at radius 2 is 1.75 bits per heavy atom. The number of nitriles is 1. The molecule has 0 aliphatic heterocycles. The highest BCUT2D eigenvalue weighted by molar-refractivity contribution is 6.31. The number of carbonyl (C=O) groups excluding carboxylic acids is 2. The first-order valence-electron chi connectivity index (χ1n) is 10.4. The van der Waals surface area contributed by atoms with Crippen LogP contribution in [0, 0.1) is 18.3 Å². The Hall–Kier alpha value is -4.29. The second-order valence-electron chi connectivity index (χ2n) is 7.54. The number of halogens is 4. The largest absolute Gasteiger partial charge is 0.483 e. The monoisotopic (exact) mass is 513 g/mol. The van der Waals surface area contributed by atoms with E-state index in [-0.39, 0.29) is 23.6 Å². The van der Waals surface area contributed by atoms with Crippen LogP contribution in [0.15, 0.2) is 72.3 Å². The molecular weight excluding hydrogens is 495 g/mol. The quantitative estimate of drug-likeness (QED) is 0.289. The molecule has 36 heavy (non-hydrogen) atoms. The molecule has 6 nitrogen and oxygen atoms in total. The number of nitrogens with one attached hydrogen (secondary N) is 2. The summed E-state index contributed by atoms with van der Waals surface area (Å²) in [5, 5.41) is 14.9. The van der Waals surface area contributed by atoms with Gasteiger partial charge in [0.2, 0.25) is 0 Å². The first kappa shape index (κ1) is 26.3. The van der Waals surface area contributed by atoms with Crippen molar-refractivity contribution in [3.05, 3.63) is 94.0 Å². The van der Waals surface area contributed by atoms with Gasteiger partial charge in [-0.3, -0.25) is 9.59 Å². The zero-order chi connectivity index (χ0) is 26.3. The smallest absolute Gasteiger partial charge is 0.416 e. The summed E-state index contributed by atoms with van der Waals surface area (Å²) in [6.07, 6.45) is -3.36. The van der Waals surface area contributed by atoms with Crippen molar-refractivity contribution in [2.75, 3.05) is 17.2 Å². The molecule has 0 heterocycles. The molecule has 3 aromatic carbocycles. The van der Waals surface area contributed by atoms with Crippen LogP contribution in [0.5, 0.6) is 5.75 Å². The van der Waals surface area contributed by atoms with Gasteiger partial charge < -0.3 is 15.4 Å². The van der Waals surface area contributed by atoms with Crippen molar-refractivity contribution in [3.63, 3.8) is 0 Å². The summed E-state index contributed by atoms with van der Waals surface area (Å²) < 4.78 is 44.3. The third kappa shape index (κ3) is 7.10. The van der Waals surface area contributed by atoms with Crippen molar-refractivity contribution >= 4 is 40.9 Å². The molecule has 10 heteroatoms. The minimum Gasteiger partial charge on any atom is -0.483 e. The zero-order valence-electron chi connectivity index (χ0n) is 18.8. The van der Waals surface area contributed by atoms with Crippen LogP contribution in [0.3, 0.4) is 0 Å². The lowest BCUT2D eigenvalue weighted by atomic mass is 10.1. The summed E-state index contributed by atoms with van der Waals surface area (Å²) in [5.41, 5.74) is 0.241. The van der Waals surface area contributed by atoms with Gasteiger partial charge >= 0.3 is 6.18 Å². The van der Waals surface area contributed by atoms with E-state index < -0.39 is 23.6 Å². The summed E-state index contributed by atoms with van der Waals surface area (Å²) in [5.74, 6) is -1.15. The maximum atomic E-state index is 12.9. The molecule has 0 saturated carbocycles. The Morgan fingerprint density at radius 1 is 1.03 bits per heavy atom. The van der Waals surface area contributed by atoms with Gasteiger partial charge in [0.15, 0.2) is 6.61 Å². The highest BCUT2D eigenvalue weighted by atomic mass is 35.5. The second kappa shape index (κ2) is 11.4. The van der Waals surface area contributed by atoms with Crippen molar-refractivity contribution in [2.45, 2.75) is 13.1 Å². The van der Waals surface area contributed by atoms with Crippen LogP contribution >= 0.6 is 11.6 Å². The molecule has 0 radical (unpaired) electrons. The van der Waals surface area contributed by atoms with E-state index in [1.54, 1.807) is 48.5 Å². The van der Waals surface area contributed by atoms with Crippen LogP contribution < -0.4 is 15.4 Å². The zero-order valence-corrected chi connectivity index (χ0v) is 19.6. The van der Waals surface area contributed by atoms with Crippen molar-refractivity contribution in [1.29, 1.82) is 5.26 Å². The van der Waals surface area contributed by atoms with E-state index in [1.807, 2.05) is 6.92 Å². The van der Waals surface area contributed by atoms with Crippen LogP contribution in [0.2, 0.25) is 5.02 Å². The number of para-hydroxylation sites is 1. The standard InChI is InChI=1S/C26H19ClF3N3O3/c1-16-9-10-21(13-22(16)27)32-24(34)15-36-23-8-3-2-5-17(23)11-18(14-31)25(35)33-20-7-4-6-19(12-20)26(28,29)30/h2-13H,15H2,1H3,(H,32,34)(H,33,35)/b18-11+. The van der Waals surface area contributed by atoms with E-state index in [0.717, 1.165) is 23.8 Å². The van der Waals surface area contributed by atoms with Crippen molar-refractivity contribution in [3.8, 4) is 11.8 Å². The molecule has 0 aliphatic rings. The maximum Gasteiger partial charge on any atom is 0.416 e. The average Bonchev–Trinajstić information content (AvgIpc) is 2.83. The summed E-state index contributed by atoms with van der Waals surface area (Å²) >= 11 is 6.06. The number of hydrogen-bond donors (Lipinski definition) is 2. The molecule has 2 N–H and O–H groups in total. The number of hydrogen-bond acceptors (Lipinski definition) is 4. The first-order valence-corrected chi connectivity index (χ1v) is 10.8. The van der Waals surface area contributed by atoms with E-state index in [4.69, 9.17) is 16.3 Å². The van der Waals surface area contributed by atoms with Gasteiger partial charge in [0, 0.05) is 22.0 Å². The summed E-state index contributed by atoms with van der Waals surface area (Å²) in [6, 6.07) is 17.2. The van der Waals surface area contributed by atoms with Crippen LogP contribution in [-0.2, 0) is 15.8 Å². The maximum absolute atomic E-state index is 12.9. The van der Waals surface area contributed by atoms with Crippen molar-refractivity contribution < 1.29 is 27.5 Å². The van der Waals surface area contributed by atoms with Crippen LogP contribution in [0.25, 0.3) is 6.08 Å². The predicted molar refractivity (Wildman–Crippen MR) is 130 cm³/mol. The molecule has 0 fully saturated rings. The molecule has 0 bridgehead atoms. The molecule has 0 atom stereocenters. The van der Waals surface area contributed by atoms with E-state index in [0.29, 0.717) is 16.3 Å². The lowest BCUT2D eigenvalue weighted by molar-refractivity contribution is -0.137. The number of nitrogens with zero attached hydrogens (tertiary/aromatic N) is 1. The third-order valence-electron chi connectivity index (χ3n) is 4.85. The lowest BCUT2D eigenvalue weighted by Gasteiger charge is -2.11. The van der Waals surface area contributed by atoms with Crippen molar-refractivity contribution in [2.24, 2.45) is 0 Å². The van der Waals surface area contributed by atoms with Gasteiger partial charge in [-0.05, 0) is 55.0 Å². The Balaban J connectivity index is 1.71. The number of amides is 2. The normalized spacial score (nSPS) is 11.4. The van der Waals surface area contributed by atoms with E-state index >= 15 is 0 Å². The number of carbonyl (C=O) groups is 2. The van der Waals surface area contributed by atoms with Gasteiger partial charge in [-0.1, -0.05) is 41.9 Å². The number of aryl methyl sites for hydroxylation is 1. The molecule has 0 saturated heterocycles. The van der Waals surface area contributed by atoms with Crippen molar-refractivity contribution in [1.82, 2.24) is 0 Å². The SMILES string of the molecule is Cc1ccc(NC(=O)COc2ccccc2/C=C(\C#N)C(=O)Nc2cccc(C(F)(F)F)c2)cc1Cl. The number of ether oxygens (including phenoxy) is 1. The van der Waals surface area contributed by atoms with Gasteiger partial charge in [0.05, 0.1) is 5.56 Å². The van der Waals surface area contributed by atoms with Gasteiger partial charge in [0.25, 0.3) is 11.8 Å². The fourth-order valence-corrected chi connectivity index (χ4v) is 3.20. The summed E-state index contributed by atoms with van der Waals surface area (Å²) in [7, 11) is 0. The molecular formula is C26H19ClF3N3O3. The summed E-state index contributed by atoms with van der Waals surface area (Å²) in [6.45, 7) is 1.46. The van der Waals surface area contributed by atoms with Gasteiger partial charge in [0.1, 0.15) is 17.4 Å². The van der Waals surface area contributed by atoms with Gasteiger partial charge in [-0.2, -0.15) is 18.4 Å². The molecule has 184 valence electrons. The average molecular weight is 514 g/mol. The fraction of sp³-hybridized carbons (Fsp3) is 0.115. The van der Waals surface area contributed by atoms with E-state index in [2.05, 4.69) is 10.6 Å². The van der Waals surface area contributed by atoms with E-state index in [1.165, 1.54) is 12.1 Å². The van der Waals surface area contributed by atoms with Crippen LogP contribution in [0.4, 0.5) is 24.5 Å². The topological polar surface area (TPSA) is 91.2 Å². The summed E-state index contributed by atoms with van der Waals surface area (Å²) in [4.78, 5) is 24.8. The highest BCUT2D eigenvalue weighted by Crippen LogP contribution is 2.31. The number of rotatable bonds is 7. The fourth-order valence-electron chi connectivity index (χ4n) is 3.02. The number of alkyl halides is 3. The van der Waals surface area contributed by atoms with Crippen LogP contribution in [-0.4, -0.2) is 18.4 Å². The lowest BCUT2D eigenvalue weighted by Crippen LogP contribution is -2.20. The first-order chi connectivity index (χ1) is 17.1. The molecule has 0 spiro atoms. The molecule has 0 aliphatic carbocycles. The van der Waals surface area contributed by atoms with Crippen LogP contribution in [0.1, 0.15) is 16.7 Å². The molecule has 0 unspecified atom stereocenters.